The number of methoxy groups -OCH3 is 1. The van der Waals surface area contributed by atoms with Crippen molar-refractivity contribution < 1.29 is 14.6 Å². The van der Waals surface area contributed by atoms with E-state index in [1.807, 2.05) is 13.8 Å². The minimum Gasteiger partial charge on any atom is -0.388 e. The van der Waals surface area contributed by atoms with Gasteiger partial charge in [0.25, 0.3) is 0 Å². The lowest BCUT2D eigenvalue weighted by atomic mass is 9.97. The minimum atomic E-state index is -0.823. The Bertz CT molecular complexity index is 205. The topological polar surface area (TPSA) is 84.6 Å². The summed E-state index contributed by atoms with van der Waals surface area (Å²) in [6.07, 6.45) is 1.70. The second kappa shape index (κ2) is 7.60. The Kier molecular flexibility index (Phi) is 7.29. The first-order valence-electron chi connectivity index (χ1n) is 5.73. The number of amides is 1. The van der Waals surface area contributed by atoms with Crippen molar-refractivity contribution >= 4 is 5.91 Å². The zero-order chi connectivity index (χ0) is 12.6. The van der Waals surface area contributed by atoms with E-state index in [2.05, 4.69) is 5.32 Å². The summed E-state index contributed by atoms with van der Waals surface area (Å²) in [4.78, 5) is 11.5. The van der Waals surface area contributed by atoms with Gasteiger partial charge in [-0.2, -0.15) is 0 Å². The van der Waals surface area contributed by atoms with Crippen LogP contribution < -0.4 is 11.1 Å². The summed E-state index contributed by atoms with van der Waals surface area (Å²) in [5.74, 6) is -0.239. The first-order chi connectivity index (χ1) is 7.49. The van der Waals surface area contributed by atoms with E-state index in [4.69, 9.17) is 10.5 Å². The van der Waals surface area contributed by atoms with Gasteiger partial charge in [0.05, 0.1) is 11.6 Å². The third-order valence-corrected chi connectivity index (χ3v) is 2.88. The molecule has 0 aromatic rings. The summed E-state index contributed by atoms with van der Waals surface area (Å²) in [7, 11) is 1.57. The molecule has 4 N–H and O–H groups in total. The van der Waals surface area contributed by atoms with Crippen LogP contribution in [0.3, 0.4) is 0 Å². The van der Waals surface area contributed by atoms with Crippen LogP contribution in [0.2, 0.25) is 0 Å². The van der Waals surface area contributed by atoms with Gasteiger partial charge in [-0.1, -0.05) is 13.8 Å². The third-order valence-electron chi connectivity index (χ3n) is 2.88. The lowest BCUT2D eigenvalue weighted by Gasteiger charge is -2.26. The Morgan fingerprint density at radius 1 is 1.50 bits per heavy atom. The summed E-state index contributed by atoms with van der Waals surface area (Å²) in [6.45, 7) is 4.49. The molecule has 0 radical (unpaired) electrons. The molecule has 0 aromatic heterocycles. The van der Waals surface area contributed by atoms with E-state index in [0.717, 1.165) is 0 Å². The molecule has 16 heavy (non-hydrogen) atoms. The van der Waals surface area contributed by atoms with Gasteiger partial charge >= 0.3 is 0 Å². The molecule has 1 amide bonds. The summed E-state index contributed by atoms with van der Waals surface area (Å²) < 4.78 is 4.84. The molecule has 0 aliphatic carbocycles. The van der Waals surface area contributed by atoms with E-state index in [1.165, 1.54) is 0 Å². The summed E-state index contributed by atoms with van der Waals surface area (Å²) >= 11 is 0. The molecule has 0 aromatic carbocycles. The van der Waals surface area contributed by atoms with Crippen LogP contribution in [0.25, 0.3) is 0 Å². The Balaban J connectivity index is 3.96. The molecule has 0 aliphatic heterocycles. The van der Waals surface area contributed by atoms with Crippen LogP contribution >= 0.6 is 0 Å². The van der Waals surface area contributed by atoms with Crippen molar-refractivity contribution in [2.45, 2.75) is 44.8 Å². The predicted octanol–water partition coefficient (Wildman–Crippen LogP) is 0.0175. The number of nitrogens with one attached hydrogen (secondary N) is 1. The van der Waals surface area contributed by atoms with Crippen LogP contribution in [0.15, 0.2) is 0 Å². The molecule has 0 bridgehead atoms. The largest absolute Gasteiger partial charge is 0.388 e. The van der Waals surface area contributed by atoms with Crippen molar-refractivity contribution in [3.8, 4) is 0 Å². The zero-order valence-electron chi connectivity index (χ0n) is 10.5. The Morgan fingerprint density at radius 3 is 2.50 bits per heavy atom. The van der Waals surface area contributed by atoms with Gasteiger partial charge in [0.15, 0.2) is 0 Å². The molecule has 0 saturated heterocycles. The number of aliphatic hydroxyl groups is 1. The highest BCUT2D eigenvalue weighted by Crippen LogP contribution is 2.12. The van der Waals surface area contributed by atoms with Gasteiger partial charge < -0.3 is 20.9 Å². The second-order valence-corrected chi connectivity index (χ2v) is 4.04. The predicted molar refractivity (Wildman–Crippen MR) is 63.0 cm³/mol. The second-order valence-electron chi connectivity index (χ2n) is 4.04. The van der Waals surface area contributed by atoms with Crippen LogP contribution in [0.5, 0.6) is 0 Å². The number of hydrogen-bond acceptors (Lipinski definition) is 4. The summed E-state index contributed by atoms with van der Waals surface area (Å²) in [6, 6.07) is -0.571. The van der Waals surface area contributed by atoms with Crippen LogP contribution in [-0.2, 0) is 9.53 Å². The monoisotopic (exact) mass is 232 g/mol. The molecular formula is C11H24N2O3. The fraction of sp³-hybridized carbons (Fsp3) is 0.909. The average Bonchev–Trinajstić information content (AvgIpc) is 2.32. The van der Waals surface area contributed by atoms with E-state index in [9.17, 15) is 9.90 Å². The summed E-state index contributed by atoms with van der Waals surface area (Å²) in [5.41, 5.74) is 4.82. The minimum absolute atomic E-state index is 0.239. The molecule has 0 heterocycles. The molecule has 0 fully saturated rings. The SMILES string of the molecule is CCC(O)(CC)CNC(=O)C(N)CCOC. The highest BCUT2D eigenvalue weighted by atomic mass is 16.5. The maximum Gasteiger partial charge on any atom is 0.237 e. The van der Waals surface area contributed by atoms with Gasteiger partial charge in [-0.05, 0) is 19.3 Å². The molecular weight excluding hydrogens is 208 g/mol. The van der Waals surface area contributed by atoms with Crippen molar-refractivity contribution in [2.75, 3.05) is 20.3 Å². The van der Waals surface area contributed by atoms with E-state index < -0.39 is 11.6 Å². The van der Waals surface area contributed by atoms with Crippen molar-refractivity contribution in [3.05, 3.63) is 0 Å². The van der Waals surface area contributed by atoms with E-state index in [-0.39, 0.29) is 12.5 Å². The first kappa shape index (κ1) is 15.3. The van der Waals surface area contributed by atoms with Gasteiger partial charge in [0.2, 0.25) is 5.91 Å². The standard InChI is InChI=1S/C11H24N2O3/c1-4-11(15,5-2)8-13-10(14)9(12)6-7-16-3/h9,15H,4-8,12H2,1-3H3,(H,13,14). The maximum atomic E-state index is 11.5. The van der Waals surface area contributed by atoms with Gasteiger partial charge in [0.1, 0.15) is 0 Å². The number of hydrogen-bond donors (Lipinski definition) is 3. The normalized spacial score (nSPS) is 13.6. The molecule has 5 heteroatoms. The van der Waals surface area contributed by atoms with E-state index in [1.54, 1.807) is 7.11 Å². The molecule has 1 unspecified atom stereocenters. The number of carbonyl (C=O) groups is 1. The molecule has 1 atom stereocenters. The Hall–Kier alpha value is -0.650. The van der Waals surface area contributed by atoms with Crippen LogP contribution in [0.1, 0.15) is 33.1 Å². The van der Waals surface area contributed by atoms with Gasteiger partial charge in [0, 0.05) is 20.3 Å². The third kappa shape index (κ3) is 5.44. The highest BCUT2D eigenvalue weighted by Gasteiger charge is 2.24. The molecule has 0 spiro atoms. The molecule has 96 valence electrons. The fourth-order valence-corrected chi connectivity index (χ4v) is 1.26. The average molecular weight is 232 g/mol. The first-order valence-corrected chi connectivity index (χ1v) is 5.73. The van der Waals surface area contributed by atoms with Gasteiger partial charge in [-0.25, -0.2) is 0 Å². The summed E-state index contributed by atoms with van der Waals surface area (Å²) in [5, 5.41) is 12.6. The van der Waals surface area contributed by atoms with Gasteiger partial charge in [-0.15, -0.1) is 0 Å². The van der Waals surface area contributed by atoms with Crippen LogP contribution in [0, 0.1) is 0 Å². The van der Waals surface area contributed by atoms with Crippen LogP contribution in [0.4, 0.5) is 0 Å². The fourth-order valence-electron chi connectivity index (χ4n) is 1.26. The highest BCUT2D eigenvalue weighted by molar-refractivity contribution is 5.81. The smallest absolute Gasteiger partial charge is 0.237 e. The van der Waals surface area contributed by atoms with Crippen molar-refractivity contribution in [1.82, 2.24) is 5.32 Å². The Labute approximate surface area is 97.3 Å². The molecule has 5 nitrogen and oxygen atoms in total. The number of carbonyl (C=O) groups excluding carboxylic acids is 1. The number of rotatable bonds is 8. The lowest BCUT2D eigenvalue weighted by Crippen LogP contribution is -2.48. The van der Waals surface area contributed by atoms with Crippen molar-refractivity contribution in [1.29, 1.82) is 0 Å². The Morgan fingerprint density at radius 2 is 2.06 bits per heavy atom. The van der Waals surface area contributed by atoms with Crippen LogP contribution in [-0.4, -0.2) is 42.9 Å². The molecule has 0 rings (SSSR count). The molecule has 0 saturated carbocycles. The molecule has 0 aliphatic rings. The van der Waals surface area contributed by atoms with Gasteiger partial charge in [-0.3, -0.25) is 4.79 Å². The quantitative estimate of drug-likeness (QED) is 0.550. The number of ether oxygens (including phenoxy) is 1. The van der Waals surface area contributed by atoms with E-state index >= 15 is 0 Å². The number of nitrogens with two attached hydrogens (primary N) is 1. The van der Waals surface area contributed by atoms with Crippen molar-refractivity contribution in [2.24, 2.45) is 5.73 Å². The maximum absolute atomic E-state index is 11.5. The lowest BCUT2D eigenvalue weighted by molar-refractivity contribution is -0.124. The van der Waals surface area contributed by atoms with E-state index in [0.29, 0.717) is 25.9 Å². The van der Waals surface area contributed by atoms with Crippen molar-refractivity contribution in [3.63, 3.8) is 0 Å². The zero-order valence-corrected chi connectivity index (χ0v) is 10.5.